The second-order valence-corrected chi connectivity index (χ2v) is 7.31. The predicted molar refractivity (Wildman–Crippen MR) is 98.1 cm³/mol. The Labute approximate surface area is 149 Å². The summed E-state index contributed by atoms with van der Waals surface area (Å²) in [5.41, 5.74) is 3.67. The summed E-state index contributed by atoms with van der Waals surface area (Å²) in [6.45, 7) is 5.19. The van der Waals surface area contributed by atoms with E-state index in [4.69, 9.17) is 23.2 Å². The molecule has 0 saturated carbocycles. The van der Waals surface area contributed by atoms with Gasteiger partial charge in [-0.1, -0.05) is 36.2 Å². The molecule has 1 aliphatic heterocycles. The van der Waals surface area contributed by atoms with Crippen LogP contribution in [0.5, 0.6) is 0 Å². The van der Waals surface area contributed by atoms with Gasteiger partial charge in [0.1, 0.15) is 4.88 Å². The third-order valence-corrected chi connectivity index (χ3v) is 5.88. The molecule has 1 aromatic carbocycles. The highest BCUT2D eigenvalue weighted by Gasteiger charge is 2.18. The van der Waals surface area contributed by atoms with E-state index in [2.05, 4.69) is 22.4 Å². The van der Waals surface area contributed by atoms with Crippen molar-refractivity contribution in [2.24, 2.45) is 5.10 Å². The molecule has 1 aromatic heterocycles. The zero-order valence-electron chi connectivity index (χ0n) is 12.7. The van der Waals surface area contributed by atoms with E-state index in [0.29, 0.717) is 14.9 Å². The topological polar surface area (TPSA) is 44.7 Å². The van der Waals surface area contributed by atoms with E-state index < -0.39 is 0 Å². The third-order valence-electron chi connectivity index (χ3n) is 3.99. The van der Waals surface area contributed by atoms with E-state index in [-0.39, 0.29) is 5.91 Å². The number of benzene rings is 1. The average Bonchev–Trinajstić information content (AvgIpc) is 2.89. The molecule has 2 aromatic rings. The lowest BCUT2D eigenvalue weighted by atomic mass is 10.1. The summed E-state index contributed by atoms with van der Waals surface area (Å²) in [6.07, 6.45) is 1.79. The van der Waals surface area contributed by atoms with Gasteiger partial charge in [-0.2, -0.15) is 5.10 Å². The largest absolute Gasteiger partial charge is 0.303 e. The van der Waals surface area contributed by atoms with Crippen LogP contribution in [0.3, 0.4) is 0 Å². The Hall–Kier alpha value is -1.14. The van der Waals surface area contributed by atoms with Gasteiger partial charge in [-0.25, -0.2) is 5.43 Å². The van der Waals surface area contributed by atoms with Crippen molar-refractivity contribution in [3.05, 3.63) is 33.1 Å². The van der Waals surface area contributed by atoms with Crippen LogP contribution in [0, 0.1) is 0 Å². The first kappa shape index (κ1) is 16.7. The van der Waals surface area contributed by atoms with Crippen molar-refractivity contribution < 1.29 is 4.79 Å². The van der Waals surface area contributed by atoms with E-state index >= 15 is 0 Å². The minimum atomic E-state index is -0.266. The molecule has 1 saturated heterocycles. The summed E-state index contributed by atoms with van der Waals surface area (Å²) in [4.78, 5) is 15.2. The maximum atomic E-state index is 12.3. The summed E-state index contributed by atoms with van der Waals surface area (Å²) in [6, 6.07) is 5.42. The highest BCUT2D eigenvalue weighted by molar-refractivity contribution is 7.21. The summed E-state index contributed by atoms with van der Waals surface area (Å²) in [5.74, 6) is -0.266. The molecule has 1 fully saturated rings. The molecule has 2 heterocycles. The highest BCUT2D eigenvalue weighted by Crippen LogP contribution is 2.36. The molecule has 0 unspecified atom stereocenters. The third kappa shape index (κ3) is 3.69. The summed E-state index contributed by atoms with van der Waals surface area (Å²) >= 11 is 13.6. The fraction of sp³-hybridized carbons (Fsp3) is 0.375. The van der Waals surface area contributed by atoms with Crippen LogP contribution in [0.25, 0.3) is 10.1 Å². The van der Waals surface area contributed by atoms with Gasteiger partial charge in [-0.15, -0.1) is 11.3 Å². The van der Waals surface area contributed by atoms with Crippen molar-refractivity contribution in [3.63, 3.8) is 0 Å². The maximum absolute atomic E-state index is 12.3. The van der Waals surface area contributed by atoms with Crippen molar-refractivity contribution in [2.75, 3.05) is 19.6 Å². The molecule has 0 bridgehead atoms. The number of halogens is 2. The molecular weight excluding hydrogens is 353 g/mol. The quantitative estimate of drug-likeness (QED) is 0.814. The average molecular weight is 370 g/mol. The molecule has 1 aliphatic rings. The van der Waals surface area contributed by atoms with Gasteiger partial charge < -0.3 is 4.90 Å². The van der Waals surface area contributed by atoms with Crippen LogP contribution < -0.4 is 5.43 Å². The lowest BCUT2D eigenvalue weighted by molar-refractivity contribution is 0.0958. The van der Waals surface area contributed by atoms with E-state index in [1.54, 1.807) is 6.07 Å². The van der Waals surface area contributed by atoms with E-state index in [1.807, 2.05) is 12.1 Å². The standard InChI is InChI=1S/C16H17Cl2N3OS/c1-2-21-7-5-11(6-8-21)19-20-16(22)15-14(18)12-4-3-10(17)9-13(12)23-15/h3-4,9H,2,5-8H2,1H3,(H,20,22). The number of hydrogen-bond donors (Lipinski definition) is 1. The van der Waals surface area contributed by atoms with Gasteiger partial charge in [0.15, 0.2) is 0 Å². The molecule has 122 valence electrons. The zero-order valence-corrected chi connectivity index (χ0v) is 15.1. The van der Waals surface area contributed by atoms with E-state index in [1.165, 1.54) is 11.3 Å². The van der Waals surface area contributed by atoms with Crippen LogP contribution in [0.15, 0.2) is 23.3 Å². The van der Waals surface area contributed by atoms with Crippen molar-refractivity contribution in [1.82, 2.24) is 10.3 Å². The van der Waals surface area contributed by atoms with Crippen LogP contribution in [0.4, 0.5) is 0 Å². The van der Waals surface area contributed by atoms with E-state index in [0.717, 1.165) is 48.3 Å². The number of thiophene rings is 1. The van der Waals surface area contributed by atoms with Gasteiger partial charge in [0.05, 0.1) is 5.02 Å². The Kier molecular flexibility index (Phi) is 5.21. The van der Waals surface area contributed by atoms with E-state index in [9.17, 15) is 4.79 Å². The Morgan fingerprint density at radius 1 is 1.35 bits per heavy atom. The first-order valence-corrected chi connectivity index (χ1v) is 9.11. The number of nitrogens with zero attached hydrogens (tertiary/aromatic N) is 2. The Morgan fingerprint density at radius 3 is 2.78 bits per heavy atom. The molecule has 23 heavy (non-hydrogen) atoms. The molecule has 1 N–H and O–H groups in total. The second kappa shape index (κ2) is 7.18. The van der Waals surface area contributed by atoms with Gasteiger partial charge >= 0.3 is 0 Å². The number of piperidine rings is 1. The lowest BCUT2D eigenvalue weighted by Crippen LogP contribution is -2.34. The first-order valence-electron chi connectivity index (χ1n) is 7.54. The summed E-state index contributed by atoms with van der Waals surface area (Å²) < 4.78 is 0.900. The Balaban J connectivity index is 1.73. The number of amides is 1. The first-order chi connectivity index (χ1) is 11.1. The molecule has 0 radical (unpaired) electrons. The maximum Gasteiger partial charge on any atom is 0.283 e. The monoisotopic (exact) mass is 369 g/mol. The smallest absolute Gasteiger partial charge is 0.283 e. The van der Waals surface area contributed by atoms with Crippen LogP contribution in [0.1, 0.15) is 29.4 Å². The Morgan fingerprint density at radius 2 is 2.09 bits per heavy atom. The van der Waals surface area contributed by atoms with Crippen LogP contribution >= 0.6 is 34.5 Å². The fourth-order valence-electron chi connectivity index (χ4n) is 2.60. The van der Waals surface area contributed by atoms with Gasteiger partial charge in [0.2, 0.25) is 0 Å². The van der Waals surface area contributed by atoms with Crippen molar-refractivity contribution in [1.29, 1.82) is 0 Å². The molecule has 3 rings (SSSR count). The molecular formula is C16H17Cl2N3OS. The predicted octanol–water partition coefficient (Wildman–Crippen LogP) is 4.41. The summed E-state index contributed by atoms with van der Waals surface area (Å²) in [7, 11) is 0. The molecule has 7 heteroatoms. The zero-order chi connectivity index (χ0) is 16.4. The number of hydrazone groups is 1. The lowest BCUT2D eigenvalue weighted by Gasteiger charge is -2.25. The number of hydrogen-bond acceptors (Lipinski definition) is 4. The minimum absolute atomic E-state index is 0.266. The fourth-order valence-corrected chi connectivity index (χ4v) is 4.29. The van der Waals surface area contributed by atoms with Crippen LogP contribution in [-0.2, 0) is 0 Å². The molecule has 4 nitrogen and oxygen atoms in total. The van der Waals surface area contributed by atoms with Gasteiger partial charge in [0.25, 0.3) is 5.91 Å². The van der Waals surface area contributed by atoms with Crippen LogP contribution in [0.2, 0.25) is 10.0 Å². The Bertz CT molecular complexity index is 762. The normalized spacial score (nSPS) is 15.9. The van der Waals surface area contributed by atoms with Crippen LogP contribution in [-0.4, -0.2) is 36.2 Å². The van der Waals surface area contributed by atoms with Gasteiger partial charge in [0, 0.05) is 46.8 Å². The van der Waals surface area contributed by atoms with Crippen molar-refractivity contribution >= 4 is 56.2 Å². The van der Waals surface area contributed by atoms with Crippen molar-refractivity contribution in [2.45, 2.75) is 19.8 Å². The molecule has 0 atom stereocenters. The number of carbonyl (C=O) groups is 1. The second-order valence-electron chi connectivity index (χ2n) is 5.44. The number of nitrogens with one attached hydrogen (secondary N) is 1. The number of likely N-dealkylation sites (tertiary alicyclic amines) is 1. The molecule has 1 amide bonds. The van der Waals surface area contributed by atoms with Crippen molar-refractivity contribution in [3.8, 4) is 0 Å². The van der Waals surface area contributed by atoms with Gasteiger partial charge in [-0.05, 0) is 18.7 Å². The summed E-state index contributed by atoms with van der Waals surface area (Å²) in [5, 5.41) is 6.20. The molecule has 0 aliphatic carbocycles. The molecule has 0 spiro atoms. The highest BCUT2D eigenvalue weighted by atomic mass is 35.5. The number of carbonyl (C=O) groups excluding carboxylic acids is 1. The number of fused-ring (bicyclic) bond motifs is 1. The number of rotatable bonds is 3. The minimum Gasteiger partial charge on any atom is -0.303 e. The van der Waals surface area contributed by atoms with Gasteiger partial charge in [-0.3, -0.25) is 4.79 Å². The SMILES string of the molecule is CCN1CCC(=NNC(=O)c2sc3cc(Cl)ccc3c2Cl)CC1.